The number of aliphatic hydroxyl groups is 5. The molecule has 12 heteroatoms. The first-order valence-electron chi connectivity index (χ1n) is 11.3. The second-order valence-corrected chi connectivity index (χ2v) is 8.74. The fourth-order valence-corrected chi connectivity index (χ4v) is 4.45. The molecule has 0 saturated carbocycles. The number of nitrogens with two attached hydrogens (primary N) is 2. The van der Waals surface area contributed by atoms with Gasteiger partial charge in [0.1, 0.15) is 36.6 Å². The number of ether oxygens (including phenoxy) is 5. The van der Waals surface area contributed by atoms with E-state index in [0.29, 0.717) is 12.8 Å². The summed E-state index contributed by atoms with van der Waals surface area (Å²) in [6.45, 7) is 3.32. The van der Waals surface area contributed by atoms with E-state index in [1.807, 2.05) is 13.8 Å². The van der Waals surface area contributed by atoms with Crippen LogP contribution in [0.4, 0.5) is 0 Å². The predicted molar refractivity (Wildman–Crippen MR) is 109 cm³/mol. The van der Waals surface area contributed by atoms with Gasteiger partial charge in [-0.25, -0.2) is 0 Å². The molecule has 0 bridgehead atoms. The Morgan fingerprint density at radius 3 is 2.03 bits per heavy atom. The molecule has 32 heavy (non-hydrogen) atoms. The zero-order chi connectivity index (χ0) is 23.6. The maximum Gasteiger partial charge on any atom is 0.184 e. The first-order valence-corrected chi connectivity index (χ1v) is 11.3. The van der Waals surface area contributed by atoms with Gasteiger partial charge in [0.05, 0.1) is 43.6 Å². The molecule has 188 valence electrons. The minimum atomic E-state index is -1.16. The van der Waals surface area contributed by atoms with Crippen molar-refractivity contribution >= 4 is 0 Å². The van der Waals surface area contributed by atoms with Gasteiger partial charge in [-0.05, 0) is 12.8 Å². The van der Waals surface area contributed by atoms with Crippen molar-refractivity contribution in [3.63, 3.8) is 0 Å². The molecule has 3 fully saturated rings. The Hall–Kier alpha value is -0.480. The van der Waals surface area contributed by atoms with E-state index in [9.17, 15) is 25.5 Å². The van der Waals surface area contributed by atoms with Crippen molar-refractivity contribution in [3.05, 3.63) is 0 Å². The first kappa shape index (κ1) is 26.1. The van der Waals surface area contributed by atoms with Crippen LogP contribution < -0.4 is 11.5 Å². The van der Waals surface area contributed by atoms with Gasteiger partial charge in [-0.2, -0.15) is 0 Å². The highest BCUT2D eigenvalue weighted by Gasteiger charge is 2.49. The summed E-state index contributed by atoms with van der Waals surface area (Å²) in [5, 5.41) is 49.9. The molecule has 0 spiro atoms. The molecule has 0 aromatic rings. The van der Waals surface area contributed by atoms with Crippen LogP contribution in [0.2, 0.25) is 0 Å². The smallest absolute Gasteiger partial charge is 0.184 e. The molecule has 12 unspecified atom stereocenters. The van der Waals surface area contributed by atoms with E-state index in [4.69, 9.17) is 35.2 Å². The van der Waals surface area contributed by atoms with E-state index in [1.165, 1.54) is 0 Å². The van der Waals surface area contributed by atoms with Gasteiger partial charge in [0.2, 0.25) is 0 Å². The fraction of sp³-hybridized carbons (Fsp3) is 1.00. The summed E-state index contributed by atoms with van der Waals surface area (Å²) < 4.78 is 29.0. The average Bonchev–Trinajstić information content (AvgIpc) is 2.77. The van der Waals surface area contributed by atoms with Gasteiger partial charge in [0.15, 0.2) is 12.6 Å². The van der Waals surface area contributed by atoms with E-state index >= 15 is 0 Å². The summed E-state index contributed by atoms with van der Waals surface area (Å²) in [5.74, 6) is 0. The van der Waals surface area contributed by atoms with Crippen molar-refractivity contribution in [3.8, 4) is 0 Å². The molecule has 0 radical (unpaired) electrons. The topological polar surface area (TPSA) is 199 Å². The van der Waals surface area contributed by atoms with Crippen molar-refractivity contribution in [1.82, 2.24) is 0 Å². The van der Waals surface area contributed by atoms with Crippen LogP contribution in [0.5, 0.6) is 0 Å². The van der Waals surface area contributed by atoms with Crippen LogP contribution in [0, 0.1) is 0 Å². The number of hydrogen-bond donors (Lipinski definition) is 7. The quantitative estimate of drug-likeness (QED) is 0.200. The molecular weight excluding hydrogens is 428 g/mol. The minimum absolute atomic E-state index is 0.0113. The third kappa shape index (κ3) is 5.43. The summed E-state index contributed by atoms with van der Waals surface area (Å²) in [6, 6.07) is -1.63. The second-order valence-electron chi connectivity index (χ2n) is 8.74. The molecule has 0 aliphatic carbocycles. The normalized spacial score (nSPS) is 50.3. The van der Waals surface area contributed by atoms with Crippen LogP contribution in [0.1, 0.15) is 33.1 Å². The van der Waals surface area contributed by atoms with E-state index in [1.54, 1.807) is 0 Å². The highest BCUT2D eigenvalue weighted by molar-refractivity contribution is 4.98. The van der Waals surface area contributed by atoms with Gasteiger partial charge in [-0.1, -0.05) is 13.8 Å². The molecule has 0 amide bonds. The van der Waals surface area contributed by atoms with Crippen LogP contribution in [0.25, 0.3) is 0 Å². The number of hydrogen-bond acceptors (Lipinski definition) is 12. The molecule has 3 saturated heterocycles. The molecular formula is C20H38N2O10. The Morgan fingerprint density at radius 1 is 0.781 bits per heavy atom. The Kier molecular flexibility index (Phi) is 9.23. The highest BCUT2D eigenvalue weighted by Crippen LogP contribution is 2.31. The molecule has 13 atom stereocenters. The second kappa shape index (κ2) is 11.3. The Bertz CT molecular complexity index is 585. The van der Waals surface area contributed by atoms with Crippen LogP contribution in [0.3, 0.4) is 0 Å². The molecule has 3 rings (SSSR count). The first-order chi connectivity index (χ1) is 15.2. The number of aliphatic hydroxyl groups excluding tert-OH is 5. The van der Waals surface area contributed by atoms with Crippen molar-refractivity contribution in [1.29, 1.82) is 0 Å². The maximum absolute atomic E-state index is 10.4. The van der Waals surface area contributed by atoms with E-state index in [2.05, 4.69) is 0 Å². The van der Waals surface area contributed by atoms with E-state index in [0.717, 1.165) is 0 Å². The molecule has 3 aliphatic rings. The highest BCUT2D eigenvalue weighted by atomic mass is 16.7. The maximum atomic E-state index is 10.4. The monoisotopic (exact) mass is 466 g/mol. The molecule has 3 aliphatic heterocycles. The van der Waals surface area contributed by atoms with Crippen molar-refractivity contribution in [2.75, 3.05) is 13.2 Å². The zero-order valence-corrected chi connectivity index (χ0v) is 18.5. The molecule has 0 aromatic heterocycles. The third-order valence-electron chi connectivity index (χ3n) is 6.49. The van der Waals surface area contributed by atoms with Crippen LogP contribution in [0.15, 0.2) is 0 Å². The average molecular weight is 467 g/mol. The molecule has 0 aromatic carbocycles. The minimum Gasteiger partial charge on any atom is -0.394 e. The van der Waals surface area contributed by atoms with E-state index < -0.39 is 86.2 Å². The fourth-order valence-electron chi connectivity index (χ4n) is 4.45. The van der Waals surface area contributed by atoms with Crippen molar-refractivity contribution in [2.45, 2.75) is 113 Å². The van der Waals surface area contributed by atoms with Gasteiger partial charge in [0, 0.05) is 6.42 Å². The summed E-state index contributed by atoms with van der Waals surface area (Å²) in [4.78, 5) is 0. The van der Waals surface area contributed by atoms with E-state index in [-0.39, 0.29) is 13.0 Å². The van der Waals surface area contributed by atoms with Gasteiger partial charge in [-0.15, -0.1) is 0 Å². The Morgan fingerprint density at radius 2 is 1.41 bits per heavy atom. The lowest BCUT2D eigenvalue weighted by Crippen LogP contribution is -2.68. The van der Waals surface area contributed by atoms with Gasteiger partial charge in [0.25, 0.3) is 0 Å². The lowest BCUT2D eigenvalue weighted by atomic mass is 9.92. The summed E-state index contributed by atoms with van der Waals surface area (Å²) in [7, 11) is 0. The Balaban J connectivity index is 1.69. The molecule has 9 N–H and O–H groups in total. The largest absolute Gasteiger partial charge is 0.394 e. The molecule has 12 nitrogen and oxygen atoms in total. The van der Waals surface area contributed by atoms with Crippen LogP contribution in [-0.2, 0) is 23.7 Å². The SMILES string of the molecule is CCC1OC(OC2C(CC)OCC(O)C2O)C(N)C(N)C1O[C@H]1OC(CO)C(O)CC1O. The summed E-state index contributed by atoms with van der Waals surface area (Å²) in [6.07, 6.45) is -9.00. The standard InChI is InChI=1S/C20H38N2O10/c1-3-11-18(16(27)10(26)7-28-11)32-20-15(22)14(21)17(12(4-2)29-20)31-19-9(25)5-8(24)13(6-23)30-19/h8-20,23-27H,3-7,21-22H2,1-2H3/t8?,9?,10?,11?,12?,13?,14?,15?,16?,17?,18?,19-,20?/m1/s1. The number of rotatable bonds is 7. The zero-order valence-electron chi connectivity index (χ0n) is 18.5. The van der Waals surface area contributed by atoms with Crippen molar-refractivity contribution < 1.29 is 49.2 Å². The summed E-state index contributed by atoms with van der Waals surface area (Å²) in [5.41, 5.74) is 12.7. The van der Waals surface area contributed by atoms with Gasteiger partial charge >= 0.3 is 0 Å². The van der Waals surface area contributed by atoms with Crippen molar-refractivity contribution in [2.24, 2.45) is 11.5 Å². The van der Waals surface area contributed by atoms with Crippen LogP contribution in [-0.4, -0.2) is 118 Å². The Labute approximate surface area is 187 Å². The van der Waals surface area contributed by atoms with Gasteiger partial charge < -0.3 is 60.7 Å². The molecule has 3 heterocycles. The lowest BCUT2D eigenvalue weighted by molar-refractivity contribution is -0.331. The van der Waals surface area contributed by atoms with Crippen LogP contribution >= 0.6 is 0 Å². The van der Waals surface area contributed by atoms with Gasteiger partial charge in [-0.3, -0.25) is 0 Å². The third-order valence-corrected chi connectivity index (χ3v) is 6.49. The predicted octanol–water partition coefficient (Wildman–Crippen LogP) is -3.09. The summed E-state index contributed by atoms with van der Waals surface area (Å²) >= 11 is 0. The lowest BCUT2D eigenvalue weighted by Gasteiger charge is -2.48.